The van der Waals surface area contributed by atoms with Gasteiger partial charge < -0.3 is 15.2 Å². The van der Waals surface area contributed by atoms with Gasteiger partial charge in [-0.05, 0) is 18.9 Å². The highest BCUT2D eigenvalue weighted by Gasteiger charge is 2.62. The number of carbonyl (C=O) groups excluding carboxylic acids is 1. The molecule has 0 unspecified atom stereocenters. The van der Waals surface area contributed by atoms with E-state index < -0.39 is 0 Å². The van der Waals surface area contributed by atoms with Crippen LogP contribution in [0.15, 0.2) is 12.7 Å². The molecule has 0 bridgehead atoms. The summed E-state index contributed by atoms with van der Waals surface area (Å²) in [4.78, 5) is 10.9. The number of aliphatic hydroxyl groups is 1. The molecule has 1 fully saturated rings. The molecule has 0 radical (unpaired) electrons. The van der Waals surface area contributed by atoms with Crippen molar-refractivity contribution >= 4 is 5.91 Å². The summed E-state index contributed by atoms with van der Waals surface area (Å²) < 4.78 is 5.92. The Morgan fingerprint density at radius 3 is 2.42 bits per heavy atom. The van der Waals surface area contributed by atoms with Gasteiger partial charge >= 0.3 is 0 Å². The fourth-order valence-electron chi connectivity index (χ4n) is 3.25. The lowest BCUT2D eigenvalue weighted by atomic mass is 9.51. The molecule has 0 aromatic heterocycles. The van der Waals surface area contributed by atoms with Gasteiger partial charge in [-0.1, -0.05) is 34.3 Å². The minimum atomic E-state index is -0.322. The first-order chi connectivity index (χ1) is 8.74. The second kappa shape index (κ2) is 6.06. The molecule has 1 saturated carbocycles. The van der Waals surface area contributed by atoms with E-state index in [1.54, 1.807) is 0 Å². The van der Waals surface area contributed by atoms with Crippen LogP contribution in [0.4, 0.5) is 0 Å². The molecule has 4 nitrogen and oxygen atoms in total. The summed E-state index contributed by atoms with van der Waals surface area (Å²) in [6.45, 7) is 12.9. The van der Waals surface area contributed by atoms with Crippen molar-refractivity contribution in [3.8, 4) is 0 Å². The standard InChI is InChI=1S/C15H27NO3/c1-6-11(17)16-9-7-8-10-19-13-14(2,3)12(18)15(13,4)5/h6,12-13,18H,1,7-10H2,2-5H3,(H,16,17). The first-order valence-electron chi connectivity index (χ1n) is 6.94. The first kappa shape index (κ1) is 16.2. The van der Waals surface area contributed by atoms with Crippen LogP contribution >= 0.6 is 0 Å². The second-order valence-corrected chi connectivity index (χ2v) is 6.50. The molecular formula is C15H27NO3. The van der Waals surface area contributed by atoms with Crippen LogP contribution in [-0.2, 0) is 9.53 Å². The van der Waals surface area contributed by atoms with Gasteiger partial charge in [-0.15, -0.1) is 0 Å². The van der Waals surface area contributed by atoms with Crippen LogP contribution in [0.2, 0.25) is 0 Å². The van der Waals surface area contributed by atoms with Crippen molar-refractivity contribution in [3.05, 3.63) is 12.7 Å². The summed E-state index contributed by atoms with van der Waals surface area (Å²) in [6.07, 6.45) is 2.82. The number of hydrogen-bond donors (Lipinski definition) is 2. The fraction of sp³-hybridized carbons (Fsp3) is 0.800. The smallest absolute Gasteiger partial charge is 0.243 e. The number of amides is 1. The van der Waals surface area contributed by atoms with Crippen molar-refractivity contribution in [2.45, 2.75) is 52.7 Å². The molecule has 4 heteroatoms. The fourth-order valence-corrected chi connectivity index (χ4v) is 3.25. The second-order valence-electron chi connectivity index (χ2n) is 6.50. The van der Waals surface area contributed by atoms with E-state index in [0.717, 1.165) is 12.8 Å². The summed E-state index contributed by atoms with van der Waals surface area (Å²) in [7, 11) is 0. The van der Waals surface area contributed by atoms with Crippen molar-refractivity contribution < 1.29 is 14.6 Å². The molecule has 0 saturated heterocycles. The average molecular weight is 269 g/mol. The number of unbranched alkanes of at least 4 members (excludes halogenated alkanes) is 1. The summed E-state index contributed by atoms with van der Waals surface area (Å²) in [5, 5.41) is 12.8. The highest BCUT2D eigenvalue weighted by molar-refractivity contribution is 5.86. The molecule has 0 aromatic rings. The Balaban J connectivity index is 2.20. The Morgan fingerprint density at radius 2 is 1.89 bits per heavy atom. The molecule has 0 atom stereocenters. The summed E-state index contributed by atoms with van der Waals surface area (Å²) in [6, 6.07) is 0. The molecule has 0 heterocycles. The van der Waals surface area contributed by atoms with Crippen LogP contribution in [0.5, 0.6) is 0 Å². The maximum atomic E-state index is 10.9. The number of rotatable bonds is 7. The van der Waals surface area contributed by atoms with E-state index in [0.29, 0.717) is 13.2 Å². The number of nitrogens with one attached hydrogen (secondary N) is 1. The molecule has 110 valence electrons. The Labute approximate surface area is 116 Å². The van der Waals surface area contributed by atoms with Crippen molar-refractivity contribution in [3.63, 3.8) is 0 Å². The molecule has 0 aliphatic heterocycles. The number of aliphatic hydroxyl groups excluding tert-OH is 1. The van der Waals surface area contributed by atoms with Gasteiger partial charge in [0.05, 0.1) is 12.2 Å². The summed E-state index contributed by atoms with van der Waals surface area (Å²) in [5.41, 5.74) is -0.360. The Hall–Kier alpha value is -0.870. The number of carbonyl (C=O) groups is 1. The van der Waals surface area contributed by atoms with Crippen LogP contribution in [0.3, 0.4) is 0 Å². The van der Waals surface area contributed by atoms with E-state index in [-0.39, 0.29) is 28.9 Å². The Kier molecular flexibility index (Phi) is 5.16. The maximum Gasteiger partial charge on any atom is 0.243 e. The van der Waals surface area contributed by atoms with Crippen molar-refractivity contribution in [2.75, 3.05) is 13.2 Å². The summed E-state index contributed by atoms with van der Waals surface area (Å²) >= 11 is 0. The lowest BCUT2D eigenvalue weighted by Crippen LogP contribution is -2.68. The van der Waals surface area contributed by atoms with Crippen LogP contribution in [-0.4, -0.2) is 36.4 Å². The highest BCUT2D eigenvalue weighted by Crippen LogP contribution is 2.55. The van der Waals surface area contributed by atoms with E-state index in [2.05, 4.69) is 11.9 Å². The normalized spacial score (nSPS) is 27.4. The predicted octanol–water partition coefficient (Wildman–Crippen LogP) is 1.88. The van der Waals surface area contributed by atoms with E-state index >= 15 is 0 Å². The molecule has 19 heavy (non-hydrogen) atoms. The van der Waals surface area contributed by atoms with Crippen molar-refractivity contribution in [1.29, 1.82) is 0 Å². The molecule has 2 N–H and O–H groups in total. The quantitative estimate of drug-likeness (QED) is 0.548. The predicted molar refractivity (Wildman–Crippen MR) is 75.7 cm³/mol. The first-order valence-corrected chi connectivity index (χ1v) is 6.94. The summed E-state index contributed by atoms with van der Waals surface area (Å²) in [5.74, 6) is -0.134. The van der Waals surface area contributed by atoms with Gasteiger partial charge in [0.25, 0.3) is 0 Å². The van der Waals surface area contributed by atoms with Crippen molar-refractivity contribution in [1.82, 2.24) is 5.32 Å². The molecule has 1 rings (SSSR count). The highest BCUT2D eigenvalue weighted by atomic mass is 16.5. The van der Waals surface area contributed by atoms with Gasteiger partial charge in [-0.3, -0.25) is 4.79 Å². The molecule has 1 amide bonds. The Morgan fingerprint density at radius 1 is 1.32 bits per heavy atom. The minimum absolute atomic E-state index is 0.0813. The van der Waals surface area contributed by atoms with Crippen molar-refractivity contribution in [2.24, 2.45) is 10.8 Å². The monoisotopic (exact) mass is 269 g/mol. The van der Waals surface area contributed by atoms with E-state index in [1.165, 1.54) is 6.08 Å². The molecule has 0 spiro atoms. The topological polar surface area (TPSA) is 58.6 Å². The van der Waals surface area contributed by atoms with Crippen LogP contribution in [0.1, 0.15) is 40.5 Å². The van der Waals surface area contributed by atoms with E-state index in [4.69, 9.17) is 4.74 Å². The third kappa shape index (κ3) is 3.37. The molecule has 0 aromatic carbocycles. The molecular weight excluding hydrogens is 242 g/mol. The van der Waals surface area contributed by atoms with Gasteiger partial charge in [0.1, 0.15) is 0 Å². The average Bonchev–Trinajstić information content (AvgIpc) is 2.35. The largest absolute Gasteiger partial charge is 0.392 e. The maximum absolute atomic E-state index is 10.9. The lowest BCUT2D eigenvalue weighted by Gasteiger charge is -2.61. The zero-order chi connectivity index (χ0) is 14.7. The number of ether oxygens (including phenoxy) is 1. The van der Waals surface area contributed by atoms with Gasteiger partial charge in [0, 0.05) is 24.0 Å². The zero-order valence-electron chi connectivity index (χ0n) is 12.5. The van der Waals surface area contributed by atoms with Gasteiger partial charge in [-0.25, -0.2) is 0 Å². The van der Waals surface area contributed by atoms with Gasteiger partial charge in [-0.2, -0.15) is 0 Å². The zero-order valence-corrected chi connectivity index (χ0v) is 12.5. The van der Waals surface area contributed by atoms with E-state index in [1.807, 2.05) is 27.7 Å². The molecule has 1 aliphatic carbocycles. The third-order valence-corrected chi connectivity index (χ3v) is 4.10. The SMILES string of the molecule is C=CC(=O)NCCCCOC1C(C)(C)C(O)C1(C)C. The van der Waals surface area contributed by atoms with Crippen LogP contribution in [0.25, 0.3) is 0 Å². The molecule has 1 aliphatic rings. The Bertz CT molecular complexity index is 320. The number of hydrogen-bond acceptors (Lipinski definition) is 3. The van der Waals surface area contributed by atoms with Gasteiger partial charge in [0.2, 0.25) is 5.91 Å². The van der Waals surface area contributed by atoms with Gasteiger partial charge in [0.15, 0.2) is 0 Å². The minimum Gasteiger partial charge on any atom is -0.392 e. The van der Waals surface area contributed by atoms with Crippen LogP contribution < -0.4 is 5.32 Å². The third-order valence-electron chi connectivity index (χ3n) is 4.10. The van der Waals surface area contributed by atoms with E-state index in [9.17, 15) is 9.90 Å². The lowest BCUT2D eigenvalue weighted by molar-refractivity contribution is -0.266. The van der Waals surface area contributed by atoms with Crippen LogP contribution in [0, 0.1) is 10.8 Å².